The molecule has 0 atom stereocenters. The van der Waals surface area contributed by atoms with E-state index < -0.39 is 5.91 Å². The summed E-state index contributed by atoms with van der Waals surface area (Å²) in [5, 5.41) is 4.22. The van der Waals surface area contributed by atoms with Gasteiger partial charge in [-0.25, -0.2) is 9.50 Å². The second-order valence-electron chi connectivity index (χ2n) is 7.40. The number of aryl methyl sites for hydroxylation is 3. The number of ether oxygens (including phenoxy) is 1. The van der Waals surface area contributed by atoms with Gasteiger partial charge in [-0.3, -0.25) is 9.59 Å². The lowest BCUT2D eigenvalue weighted by Gasteiger charge is -2.18. The topological polar surface area (TPSA) is 103 Å². The van der Waals surface area contributed by atoms with Crippen LogP contribution >= 0.6 is 0 Å². The number of carbonyl (C=O) groups is 2. The van der Waals surface area contributed by atoms with E-state index in [4.69, 9.17) is 10.5 Å². The maximum absolute atomic E-state index is 12.6. The highest BCUT2D eigenvalue weighted by molar-refractivity contribution is 5.98. The summed E-state index contributed by atoms with van der Waals surface area (Å²) in [5.41, 5.74) is 9.81. The van der Waals surface area contributed by atoms with Gasteiger partial charge in [-0.05, 0) is 50.5 Å². The predicted molar refractivity (Wildman–Crippen MR) is 114 cm³/mol. The molecule has 3 rings (SSSR count). The molecule has 0 unspecified atom stereocenters. The number of fused-ring (bicyclic) bond motifs is 1. The first-order chi connectivity index (χ1) is 14.3. The Morgan fingerprint density at radius 3 is 2.70 bits per heavy atom. The Balaban J connectivity index is 1.59. The third kappa shape index (κ3) is 4.59. The van der Waals surface area contributed by atoms with E-state index in [-0.39, 0.29) is 11.5 Å². The molecule has 30 heavy (non-hydrogen) atoms. The van der Waals surface area contributed by atoms with Crippen LogP contribution in [-0.4, -0.2) is 51.5 Å². The monoisotopic (exact) mass is 409 g/mol. The summed E-state index contributed by atoms with van der Waals surface area (Å²) in [5.74, 6) is 0.268. The van der Waals surface area contributed by atoms with Crippen molar-refractivity contribution in [1.29, 1.82) is 0 Å². The van der Waals surface area contributed by atoms with Gasteiger partial charge in [-0.1, -0.05) is 12.1 Å². The van der Waals surface area contributed by atoms with Crippen LogP contribution in [0.3, 0.4) is 0 Å². The summed E-state index contributed by atoms with van der Waals surface area (Å²) in [6.07, 6.45) is 2.31. The first-order valence-corrected chi connectivity index (χ1v) is 9.85. The lowest BCUT2D eigenvalue weighted by atomic mass is 10.1. The van der Waals surface area contributed by atoms with Crippen molar-refractivity contribution in [3.05, 3.63) is 58.5 Å². The van der Waals surface area contributed by atoms with Gasteiger partial charge in [0.25, 0.3) is 5.91 Å². The number of nitrogens with two attached hydrogens (primary N) is 1. The number of hydrogen-bond acceptors (Lipinski definition) is 5. The molecule has 2 aromatic heterocycles. The fourth-order valence-electron chi connectivity index (χ4n) is 3.40. The van der Waals surface area contributed by atoms with Gasteiger partial charge in [-0.15, -0.1) is 0 Å². The van der Waals surface area contributed by atoms with Crippen LogP contribution in [0.15, 0.2) is 30.5 Å². The van der Waals surface area contributed by atoms with Gasteiger partial charge in [0.15, 0.2) is 5.65 Å². The van der Waals surface area contributed by atoms with Crippen LogP contribution in [0.5, 0.6) is 5.75 Å². The van der Waals surface area contributed by atoms with Crippen LogP contribution in [0.2, 0.25) is 0 Å². The second-order valence-corrected chi connectivity index (χ2v) is 7.40. The Hall–Kier alpha value is -3.42. The zero-order chi connectivity index (χ0) is 21.8. The van der Waals surface area contributed by atoms with Gasteiger partial charge in [0.05, 0.1) is 12.7 Å². The molecule has 0 aliphatic heterocycles. The molecule has 2 N–H and O–H groups in total. The van der Waals surface area contributed by atoms with Crippen molar-refractivity contribution >= 4 is 17.5 Å². The van der Waals surface area contributed by atoms with Crippen molar-refractivity contribution in [2.45, 2.75) is 33.6 Å². The summed E-state index contributed by atoms with van der Waals surface area (Å²) in [6, 6.07) is 7.83. The van der Waals surface area contributed by atoms with Gasteiger partial charge in [0, 0.05) is 24.9 Å². The predicted octanol–water partition coefficient (Wildman–Crippen LogP) is 2.22. The summed E-state index contributed by atoms with van der Waals surface area (Å²) >= 11 is 0. The molecule has 2 heterocycles. The first-order valence-electron chi connectivity index (χ1n) is 9.85. The van der Waals surface area contributed by atoms with Crippen molar-refractivity contribution in [3.63, 3.8) is 0 Å². The van der Waals surface area contributed by atoms with Crippen molar-refractivity contribution in [2.24, 2.45) is 5.73 Å². The molecule has 8 nitrogen and oxygen atoms in total. The van der Waals surface area contributed by atoms with Gasteiger partial charge in [-0.2, -0.15) is 5.10 Å². The number of benzene rings is 1. The molecule has 0 radical (unpaired) electrons. The van der Waals surface area contributed by atoms with Gasteiger partial charge in [0.1, 0.15) is 17.9 Å². The normalized spacial score (nSPS) is 10.9. The van der Waals surface area contributed by atoms with E-state index >= 15 is 0 Å². The van der Waals surface area contributed by atoms with Crippen molar-refractivity contribution < 1.29 is 14.3 Å². The van der Waals surface area contributed by atoms with E-state index in [1.54, 1.807) is 16.5 Å². The van der Waals surface area contributed by atoms with E-state index in [2.05, 4.69) is 10.1 Å². The Kier molecular flexibility index (Phi) is 6.34. The number of aromatic nitrogens is 3. The maximum atomic E-state index is 12.6. The molecule has 0 fully saturated rings. The first kappa shape index (κ1) is 21.3. The lowest BCUT2D eigenvalue weighted by molar-refractivity contribution is -0.130. The average molecular weight is 409 g/mol. The minimum Gasteiger partial charge on any atom is -0.492 e. The number of likely N-dealkylation sites (N-methyl/N-ethyl adjacent to an activating group) is 1. The van der Waals surface area contributed by atoms with Crippen molar-refractivity contribution in [2.75, 3.05) is 20.2 Å². The zero-order valence-electron chi connectivity index (χ0n) is 17.8. The van der Waals surface area contributed by atoms with Gasteiger partial charge in [0.2, 0.25) is 5.91 Å². The molecular formula is C22H27N5O3. The molecule has 2 amide bonds. The standard InChI is InChI=1S/C22H27N5O3/c1-14-6-5-7-17(12-14)30-11-10-26(4)20(28)9-8-18-15(2)25-22-19(21(23)29)13-24-27(22)16(18)3/h5-7,12-13H,8-11H2,1-4H3,(H2,23,29). The molecule has 0 aliphatic rings. The minimum atomic E-state index is -0.561. The third-order valence-electron chi connectivity index (χ3n) is 5.17. The van der Waals surface area contributed by atoms with Crippen LogP contribution in [0.25, 0.3) is 5.65 Å². The fourth-order valence-corrected chi connectivity index (χ4v) is 3.40. The lowest BCUT2D eigenvalue weighted by Crippen LogP contribution is -2.31. The summed E-state index contributed by atoms with van der Waals surface area (Å²) < 4.78 is 7.33. The molecule has 0 saturated carbocycles. The fraction of sp³-hybridized carbons (Fsp3) is 0.364. The highest BCUT2D eigenvalue weighted by Crippen LogP contribution is 2.19. The van der Waals surface area contributed by atoms with E-state index in [0.717, 1.165) is 28.3 Å². The second kappa shape index (κ2) is 8.94. The maximum Gasteiger partial charge on any atom is 0.254 e. The number of carbonyl (C=O) groups excluding carboxylic acids is 2. The number of hydrogen-bond donors (Lipinski definition) is 1. The molecule has 1 aromatic carbocycles. The zero-order valence-corrected chi connectivity index (χ0v) is 17.8. The average Bonchev–Trinajstić information content (AvgIpc) is 3.11. The molecule has 3 aromatic rings. The number of rotatable bonds is 8. The Labute approximate surface area is 175 Å². The van der Waals surface area contributed by atoms with Crippen LogP contribution in [0.1, 0.15) is 39.3 Å². The van der Waals surface area contributed by atoms with E-state index in [1.807, 2.05) is 45.0 Å². The van der Waals surface area contributed by atoms with Crippen molar-refractivity contribution in [1.82, 2.24) is 19.5 Å². The van der Waals surface area contributed by atoms with E-state index in [0.29, 0.717) is 31.6 Å². The molecule has 158 valence electrons. The largest absolute Gasteiger partial charge is 0.492 e. The highest BCUT2D eigenvalue weighted by atomic mass is 16.5. The molecule has 8 heteroatoms. The molecular weight excluding hydrogens is 382 g/mol. The Morgan fingerprint density at radius 1 is 1.23 bits per heavy atom. The molecule has 0 saturated heterocycles. The SMILES string of the molecule is Cc1cccc(OCCN(C)C(=O)CCc2c(C)nc3c(C(N)=O)cnn3c2C)c1. The molecule has 0 spiro atoms. The van der Waals surface area contributed by atoms with E-state index in [1.165, 1.54) is 6.20 Å². The summed E-state index contributed by atoms with van der Waals surface area (Å²) in [4.78, 5) is 30.3. The smallest absolute Gasteiger partial charge is 0.254 e. The van der Waals surface area contributed by atoms with Crippen molar-refractivity contribution in [3.8, 4) is 5.75 Å². The highest BCUT2D eigenvalue weighted by Gasteiger charge is 2.18. The van der Waals surface area contributed by atoms with E-state index in [9.17, 15) is 9.59 Å². The summed E-state index contributed by atoms with van der Waals surface area (Å²) in [7, 11) is 1.77. The van der Waals surface area contributed by atoms with Crippen LogP contribution < -0.4 is 10.5 Å². The number of nitrogens with zero attached hydrogens (tertiary/aromatic N) is 4. The quantitative estimate of drug-likeness (QED) is 0.614. The minimum absolute atomic E-state index is 0.0278. The number of amides is 2. The van der Waals surface area contributed by atoms with Crippen LogP contribution in [0.4, 0.5) is 0 Å². The van der Waals surface area contributed by atoms with Gasteiger partial charge >= 0.3 is 0 Å². The van der Waals surface area contributed by atoms with Crippen LogP contribution in [0, 0.1) is 20.8 Å². The molecule has 0 aliphatic carbocycles. The number of primary amides is 1. The molecule has 0 bridgehead atoms. The Bertz CT molecular complexity index is 1090. The Morgan fingerprint density at radius 2 is 2.00 bits per heavy atom. The third-order valence-corrected chi connectivity index (χ3v) is 5.17. The van der Waals surface area contributed by atoms with Gasteiger partial charge < -0.3 is 15.4 Å². The van der Waals surface area contributed by atoms with Crippen LogP contribution in [-0.2, 0) is 11.2 Å². The summed E-state index contributed by atoms with van der Waals surface area (Å²) in [6.45, 7) is 6.71.